The van der Waals surface area contributed by atoms with Crippen LogP contribution in [0.25, 0.3) is 0 Å². The molecule has 5 nitrogen and oxygen atoms in total. The quantitative estimate of drug-likeness (QED) is 0.255. The monoisotopic (exact) mass is 529 g/mol. The van der Waals surface area contributed by atoms with E-state index in [-0.39, 0.29) is 0 Å². The van der Waals surface area contributed by atoms with Gasteiger partial charge in [0.25, 0.3) is 5.97 Å². The fourth-order valence-electron chi connectivity index (χ4n) is 4.13. The maximum atomic E-state index is 9.00. The fraction of sp³-hybridized carbons (Fsp3) is 0.188. The molecule has 0 saturated heterocycles. The molecule has 0 amide bonds. The molecular formula is C32H36NO4P. The van der Waals surface area contributed by atoms with Gasteiger partial charge in [0.2, 0.25) is 0 Å². The molecule has 0 spiro atoms. The number of aliphatic carboxylic acids is 2. The lowest BCUT2D eigenvalue weighted by atomic mass is 10.1. The van der Waals surface area contributed by atoms with E-state index in [2.05, 4.69) is 127 Å². The first kappa shape index (κ1) is 30.4. The van der Waals surface area contributed by atoms with Crippen LogP contribution < -0.4 is 26.3 Å². The van der Waals surface area contributed by atoms with E-state index in [0.717, 1.165) is 39.5 Å². The zero-order chi connectivity index (χ0) is 27.6. The minimum atomic E-state index is -1.73. The maximum absolute atomic E-state index is 9.00. The van der Waals surface area contributed by atoms with E-state index in [9.17, 15) is 0 Å². The molecule has 0 aliphatic rings. The number of nitrogens with one attached hydrogen (secondary N) is 1. The number of hydrogen-bond acceptors (Lipinski definition) is 4. The van der Waals surface area contributed by atoms with Gasteiger partial charge >= 0.3 is 0 Å². The van der Waals surface area contributed by atoms with E-state index in [0.29, 0.717) is 0 Å². The molecule has 4 aromatic carbocycles. The van der Waals surface area contributed by atoms with Crippen molar-refractivity contribution < 1.29 is 19.8 Å². The number of carbonyl (C=O) groups is 2. The Morgan fingerprint density at radius 3 is 1.32 bits per heavy atom. The fourth-order valence-corrected chi connectivity index (χ4v) is 8.34. The van der Waals surface area contributed by atoms with Crippen LogP contribution in [0, 0.1) is 0 Å². The Morgan fingerprint density at radius 2 is 0.974 bits per heavy atom. The van der Waals surface area contributed by atoms with Crippen molar-refractivity contribution in [2.24, 2.45) is 0 Å². The Bertz CT molecular complexity index is 1090. The molecular weight excluding hydrogens is 493 g/mol. The summed E-state index contributed by atoms with van der Waals surface area (Å²) in [7, 11) is -1.73. The van der Waals surface area contributed by atoms with Gasteiger partial charge in [-0.2, -0.15) is 0 Å². The number of carboxylic acid groups (broad SMARTS) is 2. The summed E-state index contributed by atoms with van der Waals surface area (Å²) >= 11 is 0. The molecule has 0 fully saturated rings. The summed E-state index contributed by atoms with van der Waals surface area (Å²) in [5.41, 5.74) is 1.39. The lowest BCUT2D eigenvalue weighted by Gasteiger charge is -2.27. The predicted octanol–water partition coefficient (Wildman–Crippen LogP) is 3.66. The van der Waals surface area contributed by atoms with Crippen molar-refractivity contribution in [2.75, 3.05) is 19.3 Å². The van der Waals surface area contributed by atoms with Crippen molar-refractivity contribution in [2.45, 2.75) is 20.3 Å². The number of rotatable bonds is 9. The van der Waals surface area contributed by atoms with Crippen LogP contribution in [0.1, 0.15) is 19.4 Å². The molecule has 0 aromatic heterocycles. The molecule has 0 aliphatic carbocycles. The molecule has 0 heterocycles. The molecule has 198 valence electrons. The van der Waals surface area contributed by atoms with Gasteiger partial charge in [-0.25, -0.2) is 0 Å². The van der Waals surface area contributed by atoms with Gasteiger partial charge in [0.05, 0.1) is 6.16 Å². The summed E-state index contributed by atoms with van der Waals surface area (Å²) in [6, 6.07) is 44.1. The first-order valence-electron chi connectivity index (χ1n) is 12.5. The molecule has 4 aromatic rings. The van der Waals surface area contributed by atoms with Crippen LogP contribution in [0.2, 0.25) is 0 Å². The highest BCUT2D eigenvalue weighted by Crippen LogP contribution is 2.54. The summed E-state index contributed by atoms with van der Waals surface area (Å²) in [6.45, 7) is 4.06. The molecule has 0 radical (unpaired) electrons. The molecule has 2 N–H and O–H groups in total. The second-order valence-corrected chi connectivity index (χ2v) is 12.2. The number of carboxylic acids is 2. The highest BCUT2D eigenvalue weighted by atomic mass is 31.2. The molecule has 0 aliphatic heterocycles. The van der Waals surface area contributed by atoms with Crippen LogP contribution >= 0.6 is 7.26 Å². The van der Waals surface area contributed by atoms with E-state index >= 15 is 0 Å². The molecule has 0 atom stereocenters. The van der Waals surface area contributed by atoms with Crippen molar-refractivity contribution in [3.63, 3.8) is 0 Å². The summed E-state index contributed by atoms with van der Waals surface area (Å²) in [6.07, 6.45) is 2.17. The van der Waals surface area contributed by atoms with Gasteiger partial charge in [0.1, 0.15) is 23.2 Å². The summed E-state index contributed by atoms with van der Waals surface area (Å²) in [4.78, 5) is 17.9. The molecule has 0 unspecified atom stereocenters. The molecule has 4 rings (SSSR count). The standard InChI is InChI=1S/C28H29NP.2C2H4O2/c1-5-13-25(14-6-1)21-22-29-23-24-30(26-15-7-2-8-16-26,27-17-9-3-10-18-27)28-19-11-4-12-20-28;2*1-2(3)4/h1-20,29H,21-24H2;2*1H3,(H,3,4)/q+1;;/p-1. The zero-order valence-electron chi connectivity index (χ0n) is 22.0. The van der Waals surface area contributed by atoms with E-state index in [4.69, 9.17) is 19.8 Å². The van der Waals surface area contributed by atoms with Gasteiger partial charge in [0, 0.05) is 19.4 Å². The Labute approximate surface area is 226 Å². The second-order valence-electron chi connectivity index (χ2n) is 8.54. The van der Waals surface area contributed by atoms with E-state index in [1.807, 2.05) is 0 Å². The van der Waals surface area contributed by atoms with Crippen molar-refractivity contribution >= 4 is 35.1 Å². The average molecular weight is 530 g/mol. The normalized spacial score (nSPS) is 10.3. The predicted molar refractivity (Wildman–Crippen MR) is 157 cm³/mol. The average Bonchev–Trinajstić information content (AvgIpc) is 2.92. The first-order valence-corrected chi connectivity index (χ1v) is 14.5. The summed E-state index contributed by atoms with van der Waals surface area (Å²) < 4.78 is 0. The van der Waals surface area contributed by atoms with Crippen molar-refractivity contribution in [3.05, 3.63) is 127 Å². The largest absolute Gasteiger partial charge is 0.550 e. The highest BCUT2D eigenvalue weighted by molar-refractivity contribution is 7.95. The Hall–Kier alpha value is -3.79. The van der Waals surface area contributed by atoms with Crippen LogP contribution in [-0.2, 0) is 16.0 Å². The first-order chi connectivity index (χ1) is 18.4. The van der Waals surface area contributed by atoms with Crippen molar-refractivity contribution in [1.29, 1.82) is 0 Å². The van der Waals surface area contributed by atoms with Gasteiger partial charge in [-0.05, 0) is 61.9 Å². The smallest absolute Gasteiger partial charge is 0.300 e. The molecule has 0 bridgehead atoms. The molecule has 38 heavy (non-hydrogen) atoms. The van der Waals surface area contributed by atoms with Crippen molar-refractivity contribution in [3.8, 4) is 0 Å². The van der Waals surface area contributed by atoms with Crippen LogP contribution in [0.15, 0.2) is 121 Å². The van der Waals surface area contributed by atoms with Gasteiger partial charge in [0.15, 0.2) is 0 Å². The lowest BCUT2D eigenvalue weighted by Crippen LogP contribution is -2.36. The third-order valence-electron chi connectivity index (χ3n) is 5.65. The zero-order valence-corrected chi connectivity index (χ0v) is 22.9. The van der Waals surface area contributed by atoms with Crippen LogP contribution in [-0.4, -0.2) is 36.3 Å². The molecule has 0 saturated carbocycles. The molecule has 6 heteroatoms. The summed E-state index contributed by atoms with van der Waals surface area (Å²) in [5, 5.41) is 24.4. The Balaban J connectivity index is 0.000000559. The van der Waals surface area contributed by atoms with Crippen LogP contribution in [0.4, 0.5) is 0 Å². The van der Waals surface area contributed by atoms with Crippen LogP contribution in [0.5, 0.6) is 0 Å². The van der Waals surface area contributed by atoms with Gasteiger partial charge in [-0.3, -0.25) is 4.79 Å². The van der Waals surface area contributed by atoms with E-state index in [1.54, 1.807) is 0 Å². The van der Waals surface area contributed by atoms with E-state index < -0.39 is 19.2 Å². The minimum absolute atomic E-state index is 0.833. The number of hydrogen-bond donors (Lipinski definition) is 2. The maximum Gasteiger partial charge on any atom is 0.300 e. The van der Waals surface area contributed by atoms with Crippen molar-refractivity contribution in [1.82, 2.24) is 5.32 Å². The third-order valence-corrected chi connectivity index (χ3v) is 10.1. The minimum Gasteiger partial charge on any atom is -0.550 e. The lowest BCUT2D eigenvalue weighted by molar-refractivity contribution is -0.302. The van der Waals surface area contributed by atoms with E-state index in [1.165, 1.54) is 21.5 Å². The SMILES string of the molecule is CC(=O)O.CC(=O)[O-].c1ccc(CCNCC[P+](c2ccccc2)(c2ccccc2)c2ccccc2)cc1. The third kappa shape index (κ3) is 10.3. The van der Waals surface area contributed by atoms with Crippen LogP contribution in [0.3, 0.4) is 0 Å². The topological polar surface area (TPSA) is 89.5 Å². The van der Waals surface area contributed by atoms with Gasteiger partial charge < -0.3 is 20.3 Å². The van der Waals surface area contributed by atoms with Gasteiger partial charge in [-0.15, -0.1) is 0 Å². The second kappa shape index (κ2) is 16.9. The number of carbonyl (C=O) groups excluding carboxylic acids is 1. The Kier molecular flexibility index (Phi) is 13.5. The Morgan fingerprint density at radius 1 is 0.658 bits per heavy atom. The summed E-state index contributed by atoms with van der Waals surface area (Å²) in [5.74, 6) is -1.92. The highest BCUT2D eigenvalue weighted by Gasteiger charge is 2.44. The number of benzene rings is 4. The van der Waals surface area contributed by atoms with Gasteiger partial charge in [-0.1, -0.05) is 84.9 Å².